The Morgan fingerprint density at radius 1 is 1.00 bits per heavy atom. The lowest BCUT2D eigenvalue weighted by Gasteiger charge is -2.26. The highest BCUT2D eigenvalue weighted by atomic mass is 35.5. The van der Waals surface area contributed by atoms with Gasteiger partial charge in [0, 0.05) is 16.3 Å². The fourth-order valence-corrected chi connectivity index (χ4v) is 3.89. The lowest BCUT2D eigenvalue weighted by molar-refractivity contribution is -0.132. The van der Waals surface area contributed by atoms with E-state index in [1.807, 2.05) is 19.1 Å². The SMILES string of the molecule is Cc1ccccc1C1/C(=C(\O)c2cccc(Cl)c2)C(=O)C(=O)N1c1cccc(F)c1. The maximum Gasteiger partial charge on any atom is 0.300 e. The molecule has 1 amide bonds. The molecule has 30 heavy (non-hydrogen) atoms. The molecule has 1 atom stereocenters. The third kappa shape index (κ3) is 3.37. The molecule has 3 aromatic rings. The van der Waals surface area contributed by atoms with Crippen LogP contribution in [0, 0.1) is 12.7 Å². The summed E-state index contributed by atoms with van der Waals surface area (Å²) < 4.78 is 13.9. The van der Waals surface area contributed by atoms with Crippen LogP contribution in [0.25, 0.3) is 5.76 Å². The van der Waals surface area contributed by atoms with Crippen molar-refractivity contribution in [2.45, 2.75) is 13.0 Å². The van der Waals surface area contributed by atoms with Crippen LogP contribution in [0.2, 0.25) is 5.02 Å². The van der Waals surface area contributed by atoms with Crippen LogP contribution < -0.4 is 4.90 Å². The highest BCUT2D eigenvalue weighted by molar-refractivity contribution is 6.51. The number of anilines is 1. The molecule has 0 saturated carbocycles. The van der Waals surface area contributed by atoms with Crippen LogP contribution in [0.3, 0.4) is 0 Å². The third-order valence-corrected chi connectivity index (χ3v) is 5.35. The number of hydrogen-bond acceptors (Lipinski definition) is 3. The molecule has 1 aliphatic rings. The minimum atomic E-state index is -0.910. The van der Waals surface area contributed by atoms with Crippen molar-refractivity contribution < 1.29 is 19.1 Å². The van der Waals surface area contributed by atoms with E-state index in [4.69, 9.17) is 11.6 Å². The monoisotopic (exact) mass is 421 g/mol. The number of aryl methyl sites for hydroxylation is 1. The van der Waals surface area contributed by atoms with Crippen molar-refractivity contribution in [1.29, 1.82) is 0 Å². The first-order chi connectivity index (χ1) is 14.4. The van der Waals surface area contributed by atoms with Gasteiger partial charge in [0.25, 0.3) is 11.7 Å². The second-order valence-electron chi connectivity index (χ2n) is 7.02. The Morgan fingerprint density at radius 2 is 1.73 bits per heavy atom. The van der Waals surface area contributed by atoms with Crippen molar-refractivity contribution in [3.63, 3.8) is 0 Å². The van der Waals surface area contributed by atoms with E-state index in [2.05, 4.69) is 0 Å². The summed E-state index contributed by atoms with van der Waals surface area (Å²) in [7, 11) is 0. The number of nitrogens with zero attached hydrogens (tertiary/aromatic N) is 1. The molecule has 1 unspecified atom stereocenters. The van der Waals surface area contributed by atoms with Gasteiger partial charge in [0.2, 0.25) is 0 Å². The van der Waals surface area contributed by atoms with E-state index in [0.29, 0.717) is 16.1 Å². The zero-order chi connectivity index (χ0) is 21.4. The number of rotatable bonds is 3. The van der Waals surface area contributed by atoms with Crippen LogP contribution in [0.4, 0.5) is 10.1 Å². The van der Waals surface area contributed by atoms with Gasteiger partial charge in [-0.3, -0.25) is 14.5 Å². The normalized spacial score (nSPS) is 18.1. The predicted molar refractivity (Wildman–Crippen MR) is 114 cm³/mol. The van der Waals surface area contributed by atoms with E-state index in [9.17, 15) is 19.1 Å². The minimum absolute atomic E-state index is 0.0687. The van der Waals surface area contributed by atoms with Gasteiger partial charge in [-0.15, -0.1) is 0 Å². The highest BCUT2D eigenvalue weighted by Crippen LogP contribution is 2.43. The van der Waals surface area contributed by atoms with Crippen LogP contribution in [0.15, 0.2) is 78.4 Å². The molecule has 0 spiro atoms. The number of hydrogen-bond donors (Lipinski definition) is 1. The van der Waals surface area contributed by atoms with Crippen molar-refractivity contribution in [3.8, 4) is 0 Å². The molecular weight excluding hydrogens is 405 g/mol. The van der Waals surface area contributed by atoms with Crippen LogP contribution in [0.5, 0.6) is 0 Å². The first kappa shape index (κ1) is 19.9. The smallest absolute Gasteiger partial charge is 0.300 e. The molecule has 1 saturated heterocycles. The van der Waals surface area contributed by atoms with Gasteiger partial charge in [0.05, 0.1) is 11.6 Å². The maximum atomic E-state index is 13.9. The Bertz CT molecular complexity index is 1200. The number of halogens is 2. The van der Waals surface area contributed by atoms with E-state index in [0.717, 1.165) is 5.56 Å². The highest BCUT2D eigenvalue weighted by Gasteiger charge is 2.47. The van der Waals surface area contributed by atoms with E-state index in [1.165, 1.54) is 29.2 Å². The number of aliphatic hydroxyl groups excluding tert-OH is 1. The molecule has 3 aromatic carbocycles. The van der Waals surface area contributed by atoms with Crippen molar-refractivity contribution in [3.05, 3.63) is 106 Å². The van der Waals surface area contributed by atoms with Crippen LogP contribution in [0.1, 0.15) is 22.7 Å². The first-order valence-corrected chi connectivity index (χ1v) is 9.64. The molecular formula is C24H17ClFNO3. The largest absolute Gasteiger partial charge is 0.507 e. The fraction of sp³-hybridized carbons (Fsp3) is 0.0833. The minimum Gasteiger partial charge on any atom is -0.507 e. The van der Waals surface area contributed by atoms with Gasteiger partial charge in [-0.1, -0.05) is 54.1 Å². The molecule has 0 aliphatic carbocycles. The Balaban J connectivity index is 1.99. The number of ketones is 1. The molecule has 1 fully saturated rings. The number of aliphatic hydroxyl groups is 1. The maximum absolute atomic E-state index is 13.9. The second-order valence-corrected chi connectivity index (χ2v) is 7.45. The summed E-state index contributed by atoms with van der Waals surface area (Å²) in [6, 6.07) is 18.2. The summed E-state index contributed by atoms with van der Waals surface area (Å²) in [6.45, 7) is 1.85. The molecule has 150 valence electrons. The van der Waals surface area contributed by atoms with Crippen LogP contribution in [-0.2, 0) is 9.59 Å². The Morgan fingerprint density at radius 3 is 2.43 bits per heavy atom. The first-order valence-electron chi connectivity index (χ1n) is 9.26. The zero-order valence-corrected chi connectivity index (χ0v) is 16.7. The summed E-state index contributed by atoms with van der Waals surface area (Å²) in [6.07, 6.45) is 0. The molecule has 0 aromatic heterocycles. The molecule has 4 nitrogen and oxygen atoms in total. The Labute approximate surface area is 177 Å². The van der Waals surface area contributed by atoms with E-state index >= 15 is 0 Å². The molecule has 0 radical (unpaired) electrons. The van der Waals surface area contributed by atoms with Gasteiger partial charge < -0.3 is 5.11 Å². The Kier molecular flexibility index (Phi) is 5.14. The molecule has 1 N–H and O–H groups in total. The standard InChI is InChI=1S/C24H17ClFNO3/c1-14-6-2-3-11-19(14)21-20(22(28)15-7-4-8-16(25)12-15)23(29)24(30)27(21)18-10-5-9-17(26)13-18/h2-13,21,28H,1H3/b22-20+. The zero-order valence-electron chi connectivity index (χ0n) is 16.0. The van der Waals surface area contributed by atoms with Gasteiger partial charge in [0.1, 0.15) is 11.6 Å². The number of Topliss-reactive ketones (excluding diaryl/α,β-unsaturated/α-hetero) is 1. The van der Waals surface area contributed by atoms with Gasteiger partial charge in [0.15, 0.2) is 0 Å². The van der Waals surface area contributed by atoms with Crippen molar-refractivity contribution in [1.82, 2.24) is 0 Å². The van der Waals surface area contributed by atoms with Gasteiger partial charge in [-0.25, -0.2) is 4.39 Å². The molecule has 0 bridgehead atoms. The average molecular weight is 422 g/mol. The summed E-state index contributed by atoms with van der Waals surface area (Å²) in [5.41, 5.74) is 1.96. The summed E-state index contributed by atoms with van der Waals surface area (Å²) in [4.78, 5) is 27.3. The molecule has 1 aliphatic heterocycles. The Hall–Kier alpha value is -3.44. The van der Waals surface area contributed by atoms with E-state index in [-0.39, 0.29) is 17.0 Å². The van der Waals surface area contributed by atoms with E-state index in [1.54, 1.807) is 36.4 Å². The topological polar surface area (TPSA) is 57.6 Å². The predicted octanol–water partition coefficient (Wildman–Crippen LogP) is 5.41. The van der Waals surface area contributed by atoms with E-state index < -0.39 is 23.5 Å². The van der Waals surface area contributed by atoms with Crippen molar-refractivity contribution in [2.75, 3.05) is 4.90 Å². The van der Waals surface area contributed by atoms with Crippen molar-refractivity contribution >= 4 is 34.7 Å². The molecule has 1 heterocycles. The second kappa shape index (κ2) is 7.76. The number of carbonyl (C=O) groups is 2. The summed E-state index contributed by atoms with van der Waals surface area (Å²) >= 11 is 6.04. The molecule has 6 heteroatoms. The number of benzene rings is 3. The van der Waals surface area contributed by atoms with Crippen LogP contribution >= 0.6 is 11.6 Å². The summed E-state index contributed by atoms with van der Waals surface area (Å²) in [5.74, 6) is -2.54. The van der Waals surface area contributed by atoms with Crippen LogP contribution in [-0.4, -0.2) is 16.8 Å². The van der Waals surface area contributed by atoms with Gasteiger partial charge in [-0.2, -0.15) is 0 Å². The summed E-state index contributed by atoms with van der Waals surface area (Å²) in [5, 5.41) is 11.4. The quantitative estimate of drug-likeness (QED) is 0.349. The fourth-order valence-electron chi connectivity index (χ4n) is 3.70. The third-order valence-electron chi connectivity index (χ3n) is 5.11. The van der Waals surface area contributed by atoms with Gasteiger partial charge >= 0.3 is 0 Å². The van der Waals surface area contributed by atoms with Gasteiger partial charge in [-0.05, 0) is 48.4 Å². The molecule has 4 rings (SSSR count). The number of carbonyl (C=O) groups excluding carboxylic acids is 2. The number of amides is 1. The van der Waals surface area contributed by atoms with Crippen molar-refractivity contribution in [2.24, 2.45) is 0 Å². The lowest BCUT2D eigenvalue weighted by atomic mass is 9.92. The average Bonchev–Trinajstić information content (AvgIpc) is 2.98. The lowest BCUT2D eigenvalue weighted by Crippen LogP contribution is -2.29.